The van der Waals surface area contributed by atoms with Crippen LogP contribution in [-0.2, 0) is 11.2 Å². The molecule has 1 amide bonds. The first-order valence-corrected chi connectivity index (χ1v) is 8.06. The number of nitrogens with zero attached hydrogens (tertiary/aromatic N) is 2. The van der Waals surface area contributed by atoms with Gasteiger partial charge in [-0.3, -0.25) is 4.79 Å². The molecule has 1 aromatic heterocycles. The van der Waals surface area contributed by atoms with Gasteiger partial charge in [-0.05, 0) is 45.4 Å². The lowest BCUT2D eigenvalue weighted by Crippen LogP contribution is -2.20. The fraction of sp³-hybridized carbons (Fsp3) is 0.412. The molecule has 0 aliphatic heterocycles. The number of amides is 1. The molecule has 2 aromatic rings. The largest absolute Gasteiger partial charge is 0.439 e. The van der Waals surface area contributed by atoms with Crippen molar-refractivity contribution in [3.63, 3.8) is 0 Å². The van der Waals surface area contributed by atoms with E-state index in [1.807, 2.05) is 32.9 Å². The predicted octanol–water partition coefficient (Wildman–Crippen LogP) is 4.06. The highest BCUT2D eigenvalue weighted by atomic mass is 35.5. The molecule has 6 heteroatoms. The maximum atomic E-state index is 11.6. The Kier molecular flexibility index (Phi) is 5.31. The van der Waals surface area contributed by atoms with Gasteiger partial charge < -0.3 is 10.5 Å². The summed E-state index contributed by atoms with van der Waals surface area (Å²) in [4.78, 5) is 11.6. The minimum Gasteiger partial charge on any atom is -0.439 e. The number of ether oxygens (including phenoxy) is 1. The molecule has 0 aliphatic rings. The van der Waals surface area contributed by atoms with Gasteiger partial charge in [0.1, 0.15) is 5.75 Å². The normalized spacial score (nSPS) is 12.4. The van der Waals surface area contributed by atoms with Crippen LogP contribution >= 0.6 is 11.6 Å². The standard InChI is InChI=1S/C17H22ClN3O2/c1-5-14-15(11(4)16(19)22)20-21(10(2)3)17(14)23-13-8-6-7-12(18)9-13/h6-11H,5H2,1-4H3,(H2,19,22). The SMILES string of the molecule is CCc1c(C(C)C(N)=O)nn(C(C)C)c1Oc1cccc(Cl)c1. The summed E-state index contributed by atoms with van der Waals surface area (Å²) in [5.41, 5.74) is 7.02. The van der Waals surface area contributed by atoms with Crippen molar-refractivity contribution in [2.75, 3.05) is 0 Å². The van der Waals surface area contributed by atoms with Crippen LogP contribution in [0.5, 0.6) is 11.6 Å². The van der Waals surface area contributed by atoms with Crippen LogP contribution in [0.3, 0.4) is 0 Å². The van der Waals surface area contributed by atoms with Gasteiger partial charge in [-0.25, -0.2) is 4.68 Å². The first-order chi connectivity index (χ1) is 10.8. The molecule has 5 nitrogen and oxygen atoms in total. The molecule has 1 aromatic carbocycles. The molecule has 0 bridgehead atoms. The maximum absolute atomic E-state index is 11.6. The molecule has 0 fully saturated rings. The van der Waals surface area contributed by atoms with Crippen LogP contribution < -0.4 is 10.5 Å². The van der Waals surface area contributed by atoms with E-state index in [-0.39, 0.29) is 6.04 Å². The van der Waals surface area contributed by atoms with Gasteiger partial charge >= 0.3 is 0 Å². The Bertz CT molecular complexity index is 710. The summed E-state index contributed by atoms with van der Waals surface area (Å²) in [6.45, 7) is 7.79. The molecule has 23 heavy (non-hydrogen) atoms. The van der Waals surface area contributed by atoms with Crippen LogP contribution in [0.2, 0.25) is 5.02 Å². The average Bonchev–Trinajstić information content (AvgIpc) is 2.84. The number of hydrogen-bond acceptors (Lipinski definition) is 3. The van der Waals surface area contributed by atoms with Gasteiger partial charge in [-0.15, -0.1) is 0 Å². The molecule has 2 rings (SSSR count). The molecular weight excluding hydrogens is 314 g/mol. The lowest BCUT2D eigenvalue weighted by atomic mass is 10.0. The van der Waals surface area contributed by atoms with E-state index in [0.717, 1.165) is 5.56 Å². The van der Waals surface area contributed by atoms with E-state index in [0.29, 0.717) is 28.8 Å². The number of hydrogen-bond donors (Lipinski definition) is 1. The summed E-state index contributed by atoms with van der Waals surface area (Å²) >= 11 is 6.02. The summed E-state index contributed by atoms with van der Waals surface area (Å²) < 4.78 is 7.83. The van der Waals surface area contributed by atoms with Crippen molar-refractivity contribution in [2.45, 2.75) is 46.1 Å². The molecule has 1 unspecified atom stereocenters. The third-order valence-electron chi connectivity index (χ3n) is 3.68. The molecule has 0 aliphatic carbocycles. The van der Waals surface area contributed by atoms with Crippen LogP contribution in [0.15, 0.2) is 24.3 Å². The topological polar surface area (TPSA) is 70.1 Å². The van der Waals surface area contributed by atoms with E-state index in [4.69, 9.17) is 22.1 Å². The molecule has 0 spiro atoms. The second-order valence-electron chi connectivity index (χ2n) is 5.74. The van der Waals surface area contributed by atoms with Crippen molar-refractivity contribution in [3.05, 3.63) is 40.5 Å². The van der Waals surface area contributed by atoms with Gasteiger partial charge in [-0.2, -0.15) is 5.10 Å². The van der Waals surface area contributed by atoms with Crippen LogP contribution in [0, 0.1) is 0 Å². The van der Waals surface area contributed by atoms with Crippen molar-refractivity contribution in [3.8, 4) is 11.6 Å². The Hall–Kier alpha value is -2.01. The third kappa shape index (κ3) is 3.67. The van der Waals surface area contributed by atoms with Gasteiger partial charge in [0, 0.05) is 10.6 Å². The van der Waals surface area contributed by atoms with Crippen molar-refractivity contribution < 1.29 is 9.53 Å². The van der Waals surface area contributed by atoms with E-state index < -0.39 is 11.8 Å². The van der Waals surface area contributed by atoms with Gasteiger partial charge in [0.15, 0.2) is 0 Å². The minimum absolute atomic E-state index is 0.0864. The van der Waals surface area contributed by atoms with E-state index in [9.17, 15) is 4.79 Å². The van der Waals surface area contributed by atoms with Gasteiger partial charge in [-0.1, -0.05) is 24.6 Å². The highest BCUT2D eigenvalue weighted by Gasteiger charge is 2.26. The highest BCUT2D eigenvalue weighted by molar-refractivity contribution is 6.30. The molecular formula is C17H22ClN3O2. The predicted molar refractivity (Wildman–Crippen MR) is 91.1 cm³/mol. The zero-order chi connectivity index (χ0) is 17.1. The summed E-state index contributed by atoms with van der Waals surface area (Å²) in [5, 5.41) is 5.18. The Balaban J connectivity index is 2.53. The molecule has 0 saturated carbocycles. The smallest absolute Gasteiger partial charge is 0.226 e. The van der Waals surface area contributed by atoms with E-state index in [1.54, 1.807) is 23.7 Å². The summed E-state index contributed by atoms with van der Waals surface area (Å²) in [6, 6.07) is 7.28. The van der Waals surface area contributed by atoms with Crippen LogP contribution in [0.1, 0.15) is 50.9 Å². The minimum atomic E-state index is -0.466. The number of carbonyl (C=O) groups excluding carboxylic acids is 1. The monoisotopic (exact) mass is 335 g/mol. The zero-order valence-corrected chi connectivity index (χ0v) is 14.6. The molecule has 1 atom stereocenters. The maximum Gasteiger partial charge on any atom is 0.226 e. The van der Waals surface area contributed by atoms with Gasteiger partial charge in [0.05, 0.1) is 17.7 Å². The highest BCUT2D eigenvalue weighted by Crippen LogP contribution is 2.34. The first kappa shape index (κ1) is 17.3. The van der Waals surface area contributed by atoms with E-state index in [1.165, 1.54) is 0 Å². The second kappa shape index (κ2) is 7.04. The van der Waals surface area contributed by atoms with E-state index in [2.05, 4.69) is 5.10 Å². The fourth-order valence-electron chi connectivity index (χ4n) is 2.39. The summed E-state index contributed by atoms with van der Waals surface area (Å²) in [7, 11) is 0. The van der Waals surface area contributed by atoms with Crippen LogP contribution in [0.4, 0.5) is 0 Å². The van der Waals surface area contributed by atoms with Crippen molar-refractivity contribution in [2.24, 2.45) is 5.73 Å². The van der Waals surface area contributed by atoms with Crippen molar-refractivity contribution >= 4 is 17.5 Å². The number of benzene rings is 1. The molecule has 0 radical (unpaired) electrons. The lowest BCUT2D eigenvalue weighted by Gasteiger charge is -2.13. The van der Waals surface area contributed by atoms with Crippen molar-refractivity contribution in [1.82, 2.24) is 9.78 Å². The Labute approximate surface area is 141 Å². The number of carbonyl (C=O) groups is 1. The number of halogens is 1. The Morgan fingerprint density at radius 1 is 1.39 bits per heavy atom. The summed E-state index contributed by atoms with van der Waals surface area (Å²) in [6.07, 6.45) is 0.690. The fourth-order valence-corrected chi connectivity index (χ4v) is 2.57. The number of rotatable bonds is 6. The summed E-state index contributed by atoms with van der Waals surface area (Å²) in [5.74, 6) is 0.397. The van der Waals surface area contributed by atoms with Crippen LogP contribution in [0.25, 0.3) is 0 Å². The Morgan fingerprint density at radius 2 is 2.09 bits per heavy atom. The molecule has 0 saturated heterocycles. The first-order valence-electron chi connectivity index (χ1n) is 7.69. The van der Waals surface area contributed by atoms with Gasteiger partial charge in [0.25, 0.3) is 0 Å². The second-order valence-corrected chi connectivity index (χ2v) is 6.18. The molecule has 2 N–H and O–H groups in total. The van der Waals surface area contributed by atoms with Gasteiger partial charge in [0.2, 0.25) is 11.8 Å². The number of aromatic nitrogens is 2. The average molecular weight is 336 g/mol. The quantitative estimate of drug-likeness (QED) is 0.865. The Morgan fingerprint density at radius 3 is 2.61 bits per heavy atom. The third-order valence-corrected chi connectivity index (χ3v) is 3.92. The number of nitrogens with two attached hydrogens (primary N) is 1. The molecule has 124 valence electrons. The zero-order valence-electron chi connectivity index (χ0n) is 13.8. The lowest BCUT2D eigenvalue weighted by molar-refractivity contribution is -0.119. The van der Waals surface area contributed by atoms with Crippen LogP contribution in [-0.4, -0.2) is 15.7 Å². The van der Waals surface area contributed by atoms with Crippen molar-refractivity contribution in [1.29, 1.82) is 0 Å². The number of primary amides is 1. The van der Waals surface area contributed by atoms with E-state index >= 15 is 0 Å². The molecule has 1 heterocycles.